The van der Waals surface area contributed by atoms with Gasteiger partial charge in [0, 0.05) is 6.04 Å². The second-order valence-corrected chi connectivity index (χ2v) is 5.49. The molecule has 1 rings (SSSR count). The number of ether oxygens (including phenoxy) is 1. The minimum atomic E-state index is -0.293. The average Bonchev–Trinajstić information content (AvgIpc) is 2.28. The van der Waals surface area contributed by atoms with Gasteiger partial charge in [-0.25, -0.2) is 0 Å². The fourth-order valence-corrected chi connectivity index (χ4v) is 1.75. The van der Waals surface area contributed by atoms with Gasteiger partial charge in [-0.3, -0.25) is 4.79 Å². The first kappa shape index (κ1) is 14.7. The van der Waals surface area contributed by atoms with Crippen LogP contribution in [0.15, 0.2) is 24.3 Å². The Morgan fingerprint density at radius 1 is 1.28 bits per heavy atom. The van der Waals surface area contributed by atoms with Crippen molar-refractivity contribution < 1.29 is 9.53 Å². The van der Waals surface area contributed by atoms with Crippen LogP contribution in [0.3, 0.4) is 0 Å². The van der Waals surface area contributed by atoms with Crippen LogP contribution in [0, 0.1) is 0 Å². The summed E-state index contributed by atoms with van der Waals surface area (Å²) in [7, 11) is 0. The third kappa shape index (κ3) is 4.15. The molecular weight excluding hydrogens is 226 g/mol. The summed E-state index contributed by atoms with van der Waals surface area (Å²) < 4.78 is 4.89. The highest BCUT2D eigenvalue weighted by atomic mass is 16.5. The van der Waals surface area contributed by atoms with Crippen LogP contribution in [0.2, 0.25) is 0 Å². The largest absolute Gasteiger partial charge is 0.466 e. The Morgan fingerprint density at radius 3 is 2.28 bits per heavy atom. The van der Waals surface area contributed by atoms with Crippen molar-refractivity contribution in [1.82, 2.24) is 0 Å². The molecule has 0 saturated carbocycles. The summed E-state index contributed by atoms with van der Waals surface area (Å²) in [4.78, 5) is 11.4. The van der Waals surface area contributed by atoms with Gasteiger partial charge in [-0.1, -0.05) is 45.0 Å². The zero-order valence-electron chi connectivity index (χ0n) is 11.7. The molecule has 0 spiro atoms. The molecular formula is C15H23NO2. The van der Waals surface area contributed by atoms with Crippen molar-refractivity contribution in [2.24, 2.45) is 5.73 Å². The summed E-state index contributed by atoms with van der Waals surface area (Å²) in [5, 5.41) is 0. The summed E-state index contributed by atoms with van der Waals surface area (Å²) in [5.41, 5.74) is 8.34. The Hall–Kier alpha value is -1.35. The van der Waals surface area contributed by atoms with Crippen molar-refractivity contribution in [1.29, 1.82) is 0 Å². The summed E-state index contributed by atoms with van der Waals surface area (Å²) in [6, 6.07) is 7.83. The van der Waals surface area contributed by atoms with Crippen LogP contribution >= 0.6 is 0 Å². The van der Waals surface area contributed by atoms with Gasteiger partial charge >= 0.3 is 5.97 Å². The molecule has 0 aromatic heterocycles. The van der Waals surface area contributed by atoms with Crippen LogP contribution in [0.5, 0.6) is 0 Å². The van der Waals surface area contributed by atoms with Crippen molar-refractivity contribution in [3.8, 4) is 0 Å². The van der Waals surface area contributed by atoms with E-state index >= 15 is 0 Å². The lowest BCUT2D eigenvalue weighted by Gasteiger charge is -2.20. The first-order valence-corrected chi connectivity index (χ1v) is 6.36. The van der Waals surface area contributed by atoms with Crippen molar-refractivity contribution in [2.75, 3.05) is 6.61 Å². The molecule has 0 fully saturated rings. The molecule has 3 nitrogen and oxygen atoms in total. The molecule has 0 heterocycles. The molecule has 2 N–H and O–H groups in total. The molecule has 3 heteroatoms. The third-order valence-corrected chi connectivity index (χ3v) is 2.90. The van der Waals surface area contributed by atoms with Crippen molar-refractivity contribution >= 4 is 5.97 Å². The van der Waals surface area contributed by atoms with Crippen molar-refractivity contribution in [3.05, 3.63) is 35.4 Å². The van der Waals surface area contributed by atoms with E-state index in [2.05, 4.69) is 32.9 Å². The predicted molar refractivity (Wildman–Crippen MR) is 73.3 cm³/mol. The number of hydrogen-bond acceptors (Lipinski definition) is 3. The maximum absolute atomic E-state index is 11.4. The van der Waals surface area contributed by atoms with Crippen LogP contribution in [0.4, 0.5) is 0 Å². The number of rotatable bonds is 4. The maximum atomic E-state index is 11.4. The van der Waals surface area contributed by atoms with E-state index in [0.29, 0.717) is 6.61 Å². The van der Waals surface area contributed by atoms with Crippen LogP contribution < -0.4 is 5.73 Å². The smallest absolute Gasteiger partial charge is 0.307 e. The van der Waals surface area contributed by atoms with Crippen LogP contribution in [0.25, 0.3) is 0 Å². The molecule has 18 heavy (non-hydrogen) atoms. The van der Waals surface area contributed by atoms with Gasteiger partial charge in [-0.05, 0) is 23.5 Å². The van der Waals surface area contributed by atoms with E-state index in [1.807, 2.05) is 12.1 Å². The number of esters is 1. The van der Waals surface area contributed by atoms with Gasteiger partial charge in [0.25, 0.3) is 0 Å². The molecule has 0 radical (unpaired) electrons. The minimum absolute atomic E-state index is 0.129. The molecule has 0 aliphatic heterocycles. The standard InChI is InChI=1S/C15H23NO2/c1-5-18-14(17)10-13(16)11-6-8-12(9-7-11)15(2,3)4/h6-9,13H,5,10,16H2,1-4H3/t13-/m1/s1. The monoisotopic (exact) mass is 249 g/mol. The second-order valence-electron chi connectivity index (χ2n) is 5.49. The quantitative estimate of drug-likeness (QED) is 0.835. The Balaban J connectivity index is 2.70. The minimum Gasteiger partial charge on any atom is -0.466 e. The summed E-state index contributed by atoms with van der Waals surface area (Å²) >= 11 is 0. The molecule has 1 atom stereocenters. The van der Waals surface area contributed by atoms with Gasteiger partial charge in [-0.15, -0.1) is 0 Å². The van der Waals surface area contributed by atoms with E-state index < -0.39 is 0 Å². The van der Waals surface area contributed by atoms with Crippen LogP contribution in [0.1, 0.15) is 51.3 Å². The fourth-order valence-electron chi connectivity index (χ4n) is 1.75. The number of hydrogen-bond donors (Lipinski definition) is 1. The number of carbonyl (C=O) groups excluding carboxylic acids is 1. The lowest BCUT2D eigenvalue weighted by Crippen LogP contribution is -2.18. The molecule has 100 valence electrons. The highest BCUT2D eigenvalue weighted by molar-refractivity contribution is 5.70. The number of benzene rings is 1. The molecule has 0 bridgehead atoms. The SMILES string of the molecule is CCOC(=O)C[C@@H](N)c1ccc(C(C)(C)C)cc1. The van der Waals surface area contributed by atoms with Gasteiger partial charge in [0.1, 0.15) is 0 Å². The first-order valence-electron chi connectivity index (χ1n) is 6.36. The molecule has 0 aliphatic rings. The Labute approximate surface area is 109 Å². The summed E-state index contributed by atoms with van der Waals surface area (Å²) in [6.45, 7) is 8.69. The maximum Gasteiger partial charge on any atom is 0.307 e. The van der Waals surface area contributed by atoms with Crippen LogP contribution in [-0.2, 0) is 14.9 Å². The highest BCUT2D eigenvalue weighted by Crippen LogP contribution is 2.24. The lowest BCUT2D eigenvalue weighted by atomic mass is 9.86. The molecule has 1 aromatic rings. The van der Waals surface area contributed by atoms with E-state index in [1.165, 1.54) is 5.56 Å². The van der Waals surface area contributed by atoms with Gasteiger partial charge in [-0.2, -0.15) is 0 Å². The molecule has 0 aliphatic carbocycles. The van der Waals surface area contributed by atoms with E-state index in [1.54, 1.807) is 6.92 Å². The highest BCUT2D eigenvalue weighted by Gasteiger charge is 2.16. The first-order chi connectivity index (χ1) is 8.34. The zero-order chi connectivity index (χ0) is 13.8. The molecule has 0 amide bonds. The van der Waals surface area contributed by atoms with Gasteiger partial charge < -0.3 is 10.5 Å². The Morgan fingerprint density at radius 2 is 1.83 bits per heavy atom. The predicted octanol–water partition coefficient (Wildman–Crippen LogP) is 2.94. The average molecular weight is 249 g/mol. The molecule has 0 saturated heterocycles. The fraction of sp³-hybridized carbons (Fsp3) is 0.533. The van der Waals surface area contributed by atoms with E-state index in [0.717, 1.165) is 5.56 Å². The van der Waals surface area contributed by atoms with E-state index in [9.17, 15) is 4.79 Å². The van der Waals surface area contributed by atoms with Gasteiger partial charge in [0.05, 0.1) is 13.0 Å². The Kier molecular flexibility index (Phi) is 4.91. The van der Waals surface area contributed by atoms with Crippen molar-refractivity contribution in [2.45, 2.75) is 45.6 Å². The molecule has 1 aromatic carbocycles. The normalized spacial score (nSPS) is 13.2. The van der Waals surface area contributed by atoms with Gasteiger partial charge in [0.2, 0.25) is 0 Å². The van der Waals surface area contributed by atoms with E-state index in [4.69, 9.17) is 10.5 Å². The summed E-state index contributed by atoms with van der Waals surface area (Å²) in [5.74, 6) is -0.245. The second kappa shape index (κ2) is 6.01. The zero-order valence-corrected chi connectivity index (χ0v) is 11.7. The van der Waals surface area contributed by atoms with E-state index in [-0.39, 0.29) is 23.8 Å². The van der Waals surface area contributed by atoms with Gasteiger partial charge in [0.15, 0.2) is 0 Å². The topological polar surface area (TPSA) is 52.3 Å². The number of carbonyl (C=O) groups is 1. The third-order valence-electron chi connectivity index (χ3n) is 2.90. The Bertz CT molecular complexity index is 390. The molecule has 0 unspecified atom stereocenters. The van der Waals surface area contributed by atoms with Crippen molar-refractivity contribution in [3.63, 3.8) is 0 Å². The number of nitrogens with two attached hydrogens (primary N) is 1. The lowest BCUT2D eigenvalue weighted by molar-refractivity contribution is -0.143. The van der Waals surface area contributed by atoms with Crippen LogP contribution in [-0.4, -0.2) is 12.6 Å². The summed E-state index contributed by atoms with van der Waals surface area (Å²) in [6.07, 6.45) is 0.225.